The van der Waals surface area contributed by atoms with Gasteiger partial charge in [0.2, 0.25) is 5.91 Å². The maximum absolute atomic E-state index is 12.5. The van der Waals surface area contributed by atoms with Crippen LogP contribution in [0.15, 0.2) is 48.5 Å². The Hall–Kier alpha value is -2.82. The molecule has 1 N–H and O–H groups in total. The smallest absolute Gasteiger partial charge is 0.341 e. The predicted molar refractivity (Wildman–Crippen MR) is 95.6 cm³/mol. The van der Waals surface area contributed by atoms with Gasteiger partial charge in [-0.1, -0.05) is 43.3 Å². The van der Waals surface area contributed by atoms with E-state index in [-0.39, 0.29) is 12.5 Å². The zero-order valence-electron chi connectivity index (χ0n) is 14.6. The number of carboxylic acid groups (broad SMARTS) is 1. The van der Waals surface area contributed by atoms with Crippen molar-refractivity contribution in [1.82, 2.24) is 4.90 Å². The Morgan fingerprint density at radius 2 is 1.68 bits per heavy atom. The highest BCUT2D eigenvalue weighted by Gasteiger charge is 2.12. The summed E-state index contributed by atoms with van der Waals surface area (Å²) in [4.78, 5) is 24.6. The highest BCUT2D eigenvalue weighted by molar-refractivity contribution is 5.78. The molecule has 132 valence electrons. The molecule has 0 heterocycles. The number of ether oxygens (including phenoxy) is 1. The van der Waals surface area contributed by atoms with Gasteiger partial charge >= 0.3 is 5.97 Å². The summed E-state index contributed by atoms with van der Waals surface area (Å²) in [5, 5.41) is 8.60. The lowest BCUT2D eigenvalue weighted by molar-refractivity contribution is -0.139. The highest BCUT2D eigenvalue weighted by atomic mass is 16.5. The van der Waals surface area contributed by atoms with Crippen molar-refractivity contribution in [3.05, 3.63) is 65.2 Å². The molecule has 0 aliphatic heterocycles. The van der Waals surface area contributed by atoms with E-state index in [2.05, 4.69) is 13.0 Å². The van der Waals surface area contributed by atoms with Crippen LogP contribution in [-0.4, -0.2) is 35.5 Å². The van der Waals surface area contributed by atoms with Crippen molar-refractivity contribution < 1.29 is 19.4 Å². The molecule has 0 aromatic heterocycles. The van der Waals surface area contributed by atoms with Crippen molar-refractivity contribution in [2.45, 2.75) is 26.3 Å². The summed E-state index contributed by atoms with van der Waals surface area (Å²) in [7, 11) is 1.78. The third kappa shape index (κ3) is 5.64. The van der Waals surface area contributed by atoms with Crippen LogP contribution >= 0.6 is 0 Å². The topological polar surface area (TPSA) is 66.8 Å². The van der Waals surface area contributed by atoms with Crippen molar-refractivity contribution in [3.63, 3.8) is 0 Å². The predicted octanol–water partition coefficient (Wildman–Crippen LogP) is 2.91. The molecule has 5 nitrogen and oxygen atoms in total. The first-order valence-electron chi connectivity index (χ1n) is 8.24. The monoisotopic (exact) mass is 341 g/mol. The molecule has 0 saturated carbocycles. The van der Waals surface area contributed by atoms with Crippen LogP contribution in [0.1, 0.15) is 23.6 Å². The molecule has 0 spiro atoms. The first kappa shape index (κ1) is 18.5. The van der Waals surface area contributed by atoms with Gasteiger partial charge in [0, 0.05) is 13.6 Å². The van der Waals surface area contributed by atoms with Gasteiger partial charge in [0.15, 0.2) is 6.61 Å². The third-order valence-corrected chi connectivity index (χ3v) is 3.97. The number of carbonyl (C=O) groups excluding carboxylic acids is 1. The Morgan fingerprint density at radius 3 is 2.28 bits per heavy atom. The van der Waals surface area contributed by atoms with Crippen LogP contribution in [0.5, 0.6) is 5.75 Å². The third-order valence-electron chi connectivity index (χ3n) is 3.97. The first-order chi connectivity index (χ1) is 12.0. The highest BCUT2D eigenvalue weighted by Crippen LogP contribution is 2.15. The molecule has 25 heavy (non-hydrogen) atoms. The molecule has 2 rings (SSSR count). The molecule has 0 atom stereocenters. The summed E-state index contributed by atoms with van der Waals surface area (Å²) in [5.74, 6) is -0.453. The van der Waals surface area contributed by atoms with E-state index >= 15 is 0 Å². The summed E-state index contributed by atoms with van der Waals surface area (Å²) in [6.07, 6.45) is 1.30. The fraction of sp³-hybridized carbons (Fsp3) is 0.300. The van der Waals surface area contributed by atoms with E-state index in [1.54, 1.807) is 24.1 Å². The number of carboxylic acids is 1. The minimum absolute atomic E-state index is 0.0621. The number of likely N-dealkylation sites (N-methyl/N-ethyl adjacent to an activating group) is 1. The van der Waals surface area contributed by atoms with Crippen molar-refractivity contribution >= 4 is 11.9 Å². The molecule has 1 amide bonds. The van der Waals surface area contributed by atoms with Crippen LogP contribution < -0.4 is 4.74 Å². The maximum Gasteiger partial charge on any atom is 0.341 e. The van der Waals surface area contributed by atoms with Crippen LogP contribution in [0.2, 0.25) is 0 Å². The summed E-state index contributed by atoms with van der Waals surface area (Å²) in [5.41, 5.74) is 3.23. The number of aliphatic carboxylic acids is 1. The van der Waals surface area contributed by atoms with E-state index in [9.17, 15) is 9.59 Å². The molecule has 0 saturated heterocycles. The molecule has 2 aromatic carbocycles. The van der Waals surface area contributed by atoms with E-state index in [0.717, 1.165) is 17.5 Å². The number of aryl methyl sites for hydroxylation is 1. The lowest BCUT2D eigenvalue weighted by Gasteiger charge is -2.18. The minimum Gasteiger partial charge on any atom is -0.482 e. The minimum atomic E-state index is -1.01. The van der Waals surface area contributed by atoms with Gasteiger partial charge in [-0.3, -0.25) is 4.79 Å². The average Bonchev–Trinajstić information content (AvgIpc) is 2.61. The van der Waals surface area contributed by atoms with E-state index < -0.39 is 5.97 Å². The summed E-state index contributed by atoms with van der Waals surface area (Å²) in [6.45, 7) is 2.21. The number of benzene rings is 2. The van der Waals surface area contributed by atoms with E-state index in [1.807, 2.05) is 30.3 Å². The molecule has 2 aromatic rings. The second-order valence-corrected chi connectivity index (χ2v) is 5.88. The Balaban J connectivity index is 1.93. The lowest BCUT2D eigenvalue weighted by atomic mass is 10.0. The number of hydrogen-bond donors (Lipinski definition) is 1. The molecule has 0 fully saturated rings. The van der Waals surface area contributed by atoms with Crippen LogP contribution in [0.4, 0.5) is 0 Å². The van der Waals surface area contributed by atoms with E-state index in [4.69, 9.17) is 9.84 Å². The largest absolute Gasteiger partial charge is 0.482 e. The van der Waals surface area contributed by atoms with Crippen molar-refractivity contribution in [2.24, 2.45) is 0 Å². The van der Waals surface area contributed by atoms with Crippen LogP contribution in [0.3, 0.4) is 0 Å². The molecule has 0 aliphatic carbocycles. The van der Waals surface area contributed by atoms with Gasteiger partial charge in [-0.25, -0.2) is 4.79 Å². The Kier molecular flexibility index (Phi) is 6.57. The van der Waals surface area contributed by atoms with Gasteiger partial charge in [-0.15, -0.1) is 0 Å². The molecule has 0 unspecified atom stereocenters. The van der Waals surface area contributed by atoms with Crippen LogP contribution in [-0.2, 0) is 29.0 Å². The van der Waals surface area contributed by atoms with Gasteiger partial charge in [0.25, 0.3) is 0 Å². The Bertz CT molecular complexity index is 725. The van der Waals surface area contributed by atoms with Gasteiger partial charge < -0.3 is 14.7 Å². The Morgan fingerprint density at radius 1 is 1.04 bits per heavy atom. The van der Waals surface area contributed by atoms with Gasteiger partial charge in [-0.05, 0) is 35.2 Å². The van der Waals surface area contributed by atoms with Gasteiger partial charge in [0.1, 0.15) is 5.75 Å². The zero-order chi connectivity index (χ0) is 18.2. The second kappa shape index (κ2) is 8.87. The fourth-order valence-electron chi connectivity index (χ4n) is 2.57. The number of carbonyl (C=O) groups is 2. The number of hydrogen-bond acceptors (Lipinski definition) is 3. The summed E-state index contributed by atoms with van der Waals surface area (Å²) >= 11 is 0. The molecule has 0 aliphatic rings. The molecular weight excluding hydrogens is 318 g/mol. The standard InChI is InChI=1S/C20H23NO4/c1-3-16-6-4-5-7-17(16)12-19(22)21(2)13-15-8-10-18(11-9-15)25-14-20(23)24/h4-11H,3,12-14H2,1-2H3,(H,23,24). The Labute approximate surface area is 147 Å². The zero-order valence-corrected chi connectivity index (χ0v) is 14.6. The van der Waals surface area contributed by atoms with E-state index in [0.29, 0.717) is 18.7 Å². The SMILES string of the molecule is CCc1ccccc1CC(=O)N(C)Cc1ccc(OCC(=O)O)cc1. The number of rotatable bonds is 8. The van der Waals surface area contributed by atoms with Crippen LogP contribution in [0.25, 0.3) is 0 Å². The lowest BCUT2D eigenvalue weighted by Crippen LogP contribution is -2.28. The normalized spacial score (nSPS) is 10.3. The van der Waals surface area contributed by atoms with Crippen molar-refractivity contribution in [2.75, 3.05) is 13.7 Å². The quantitative estimate of drug-likeness (QED) is 0.802. The summed E-state index contributed by atoms with van der Waals surface area (Å²) < 4.78 is 5.10. The first-order valence-corrected chi connectivity index (χ1v) is 8.24. The van der Waals surface area contributed by atoms with Crippen molar-refractivity contribution in [3.8, 4) is 5.75 Å². The second-order valence-electron chi connectivity index (χ2n) is 5.88. The summed E-state index contributed by atoms with van der Waals surface area (Å²) in [6, 6.07) is 15.1. The molecular formula is C20H23NO4. The van der Waals surface area contributed by atoms with Crippen molar-refractivity contribution in [1.29, 1.82) is 0 Å². The number of nitrogens with zero attached hydrogens (tertiary/aromatic N) is 1. The van der Waals surface area contributed by atoms with Gasteiger partial charge in [-0.2, -0.15) is 0 Å². The molecule has 0 bridgehead atoms. The fourth-order valence-corrected chi connectivity index (χ4v) is 2.57. The maximum atomic E-state index is 12.5. The van der Waals surface area contributed by atoms with Gasteiger partial charge in [0.05, 0.1) is 6.42 Å². The number of amides is 1. The molecule has 5 heteroatoms. The average molecular weight is 341 g/mol. The van der Waals surface area contributed by atoms with Crippen LogP contribution in [0, 0.1) is 0 Å². The van der Waals surface area contributed by atoms with E-state index in [1.165, 1.54) is 5.56 Å². The molecule has 0 radical (unpaired) electrons.